The summed E-state index contributed by atoms with van der Waals surface area (Å²) in [7, 11) is -2.17. The zero-order valence-electron chi connectivity index (χ0n) is 11.7. The molecule has 0 heterocycles. The number of aliphatic carboxylic acids is 1. The number of carbonyl (C=O) groups excluding carboxylic acids is 2. The van der Waals surface area contributed by atoms with Gasteiger partial charge in [0.05, 0.1) is 19.8 Å². The number of carboxylic acid groups (broad SMARTS) is 1. The van der Waals surface area contributed by atoms with Crippen molar-refractivity contribution < 1.29 is 32.6 Å². The van der Waals surface area contributed by atoms with Gasteiger partial charge < -0.3 is 20.5 Å². The minimum atomic E-state index is -3.28. The average molecular weight is 325 g/mol. The number of hydrogen-bond donors (Lipinski definition) is 4. The van der Waals surface area contributed by atoms with E-state index in [1.165, 1.54) is 0 Å². The number of ether oxygens (including phenoxy) is 1. The van der Waals surface area contributed by atoms with Gasteiger partial charge in [-0.2, -0.15) is 0 Å². The lowest BCUT2D eigenvalue weighted by Crippen LogP contribution is -2.47. The standard InChI is InChI=1S/C10H19N3O7S/c1-20-8(14)6-7(9(15)16)13-10(17)11-4-3-5-12-21(2,18)19/h7,12H,3-6H2,1-2H3,(H,15,16)(H2,11,13,17)/t7-/m0/s1. The monoisotopic (exact) mass is 325 g/mol. The molecule has 0 aliphatic carbocycles. The van der Waals surface area contributed by atoms with Gasteiger partial charge in [0.15, 0.2) is 0 Å². The van der Waals surface area contributed by atoms with Crippen molar-refractivity contribution >= 4 is 28.0 Å². The highest BCUT2D eigenvalue weighted by molar-refractivity contribution is 7.88. The molecule has 10 nitrogen and oxygen atoms in total. The van der Waals surface area contributed by atoms with E-state index in [1.807, 2.05) is 0 Å². The van der Waals surface area contributed by atoms with Crippen LogP contribution in [0.3, 0.4) is 0 Å². The number of sulfonamides is 1. The van der Waals surface area contributed by atoms with Gasteiger partial charge in [0.2, 0.25) is 10.0 Å². The van der Waals surface area contributed by atoms with Crippen LogP contribution in [0.25, 0.3) is 0 Å². The van der Waals surface area contributed by atoms with Gasteiger partial charge in [-0.25, -0.2) is 22.7 Å². The van der Waals surface area contributed by atoms with E-state index >= 15 is 0 Å². The molecule has 0 rings (SSSR count). The van der Waals surface area contributed by atoms with Crippen molar-refractivity contribution in [3.63, 3.8) is 0 Å². The Bertz CT molecular complexity index is 477. The fourth-order valence-corrected chi connectivity index (χ4v) is 1.72. The minimum Gasteiger partial charge on any atom is -0.480 e. The number of urea groups is 1. The van der Waals surface area contributed by atoms with Gasteiger partial charge in [-0.1, -0.05) is 0 Å². The number of rotatable bonds is 9. The molecule has 0 aliphatic heterocycles. The Hall–Kier alpha value is -1.88. The molecule has 0 aromatic carbocycles. The summed E-state index contributed by atoms with van der Waals surface area (Å²) < 4.78 is 28.1. The van der Waals surface area contributed by atoms with Crippen molar-refractivity contribution in [2.24, 2.45) is 0 Å². The zero-order chi connectivity index (χ0) is 16.5. The highest BCUT2D eigenvalue weighted by Crippen LogP contribution is 1.95. The van der Waals surface area contributed by atoms with Crippen LogP contribution in [-0.2, 0) is 24.3 Å². The summed E-state index contributed by atoms with van der Waals surface area (Å²) in [6, 6.07) is -2.17. The second-order valence-electron chi connectivity index (χ2n) is 4.09. The summed E-state index contributed by atoms with van der Waals surface area (Å²) in [5.74, 6) is -2.13. The van der Waals surface area contributed by atoms with Crippen LogP contribution in [-0.4, -0.2) is 64.0 Å². The van der Waals surface area contributed by atoms with Crippen LogP contribution in [0, 0.1) is 0 Å². The van der Waals surface area contributed by atoms with Crippen molar-refractivity contribution in [3.05, 3.63) is 0 Å². The zero-order valence-corrected chi connectivity index (χ0v) is 12.5. The number of carbonyl (C=O) groups is 3. The predicted octanol–water partition coefficient (Wildman–Crippen LogP) is -1.76. The van der Waals surface area contributed by atoms with Crippen molar-refractivity contribution in [2.75, 3.05) is 26.5 Å². The van der Waals surface area contributed by atoms with Crippen molar-refractivity contribution in [1.29, 1.82) is 0 Å². The van der Waals surface area contributed by atoms with E-state index < -0.39 is 40.5 Å². The lowest BCUT2D eigenvalue weighted by Gasteiger charge is -2.14. The third-order valence-corrected chi connectivity index (χ3v) is 2.93. The van der Waals surface area contributed by atoms with Crippen LogP contribution < -0.4 is 15.4 Å². The molecule has 0 fully saturated rings. The van der Waals surface area contributed by atoms with E-state index in [9.17, 15) is 22.8 Å². The smallest absolute Gasteiger partial charge is 0.326 e. The first-order chi connectivity index (χ1) is 9.65. The van der Waals surface area contributed by atoms with Gasteiger partial charge in [0.25, 0.3) is 0 Å². The van der Waals surface area contributed by atoms with Crippen LogP contribution in [0.5, 0.6) is 0 Å². The SMILES string of the molecule is COC(=O)C[C@H](NC(=O)NCCCNS(C)(=O)=O)C(=O)O. The van der Waals surface area contributed by atoms with Gasteiger partial charge >= 0.3 is 18.0 Å². The Balaban J connectivity index is 4.04. The van der Waals surface area contributed by atoms with E-state index in [0.29, 0.717) is 6.42 Å². The lowest BCUT2D eigenvalue weighted by molar-refractivity contribution is -0.147. The van der Waals surface area contributed by atoms with Crippen molar-refractivity contribution in [1.82, 2.24) is 15.4 Å². The van der Waals surface area contributed by atoms with Crippen molar-refractivity contribution in [2.45, 2.75) is 18.9 Å². The minimum absolute atomic E-state index is 0.138. The number of nitrogens with one attached hydrogen (secondary N) is 3. The molecule has 11 heteroatoms. The largest absolute Gasteiger partial charge is 0.480 e. The van der Waals surface area contributed by atoms with E-state index in [4.69, 9.17) is 5.11 Å². The molecule has 1 atom stereocenters. The van der Waals surface area contributed by atoms with Crippen molar-refractivity contribution in [3.8, 4) is 0 Å². The molecule has 0 aliphatic rings. The molecule has 0 unspecified atom stereocenters. The normalized spacial score (nSPS) is 12.3. The molecule has 0 saturated carbocycles. The number of esters is 1. The van der Waals surface area contributed by atoms with Gasteiger partial charge in [0.1, 0.15) is 6.04 Å². The second kappa shape index (κ2) is 9.13. The van der Waals surface area contributed by atoms with Gasteiger partial charge in [0, 0.05) is 13.1 Å². The topological polar surface area (TPSA) is 151 Å². The summed E-state index contributed by atoms with van der Waals surface area (Å²) >= 11 is 0. The van der Waals surface area contributed by atoms with E-state index in [0.717, 1.165) is 13.4 Å². The Kier molecular flexibility index (Phi) is 8.31. The molecule has 0 saturated heterocycles. The summed E-state index contributed by atoms with van der Waals surface area (Å²) in [5, 5.41) is 13.3. The number of carboxylic acids is 1. The van der Waals surface area contributed by atoms with E-state index in [-0.39, 0.29) is 13.1 Å². The predicted molar refractivity (Wildman–Crippen MR) is 72.1 cm³/mol. The van der Waals surface area contributed by atoms with Crippen LogP contribution in [0.1, 0.15) is 12.8 Å². The van der Waals surface area contributed by atoms with Crippen LogP contribution in [0.4, 0.5) is 4.79 Å². The first-order valence-corrected chi connectivity index (χ1v) is 7.83. The molecule has 0 aromatic rings. The summed E-state index contributed by atoms with van der Waals surface area (Å²) in [4.78, 5) is 33.2. The molecule has 2 amide bonds. The maximum absolute atomic E-state index is 11.4. The second-order valence-corrected chi connectivity index (χ2v) is 5.92. The third-order valence-electron chi connectivity index (χ3n) is 2.21. The number of amides is 2. The third kappa shape index (κ3) is 10.6. The average Bonchev–Trinajstić information content (AvgIpc) is 2.35. The molecule has 21 heavy (non-hydrogen) atoms. The summed E-state index contributed by atoms with van der Waals surface area (Å²) in [6.45, 7) is 0.280. The molecular weight excluding hydrogens is 306 g/mol. The molecule has 0 aromatic heterocycles. The first-order valence-electron chi connectivity index (χ1n) is 5.94. The van der Waals surface area contributed by atoms with E-state index in [1.54, 1.807) is 0 Å². The van der Waals surface area contributed by atoms with Gasteiger partial charge in [-0.15, -0.1) is 0 Å². The molecule has 0 spiro atoms. The quantitative estimate of drug-likeness (QED) is 0.289. The molecule has 0 radical (unpaired) electrons. The summed E-state index contributed by atoms with van der Waals surface area (Å²) in [6.07, 6.45) is 0.849. The Morgan fingerprint density at radius 2 is 1.86 bits per heavy atom. The van der Waals surface area contributed by atoms with Gasteiger partial charge in [-0.05, 0) is 6.42 Å². The maximum Gasteiger partial charge on any atom is 0.326 e. The highest BCUT2D eigenvalue weighted by Gasteiger charge is 2.23. The van der Waals surface area contributed by atoms with Crippen LogP contribution in [0.2, 0.25) is 0 Å². The van der Waals surface area contributed by atoms with Crippen LogP contribution >= 0.6 is 0 Å². The molecule has 122 valence electrons. The fraction of sp³-hybridized carbons (Fsp3) is 0.700. The van der Waals surface area contributed by atoms with Gasteiger partial charge in [-0.3, -0.25) is 4.79 Å². The highest BCUT2D eigenvalue weighted by atomic mass is 32.2. The van der Waals surface area contributed by atoms with E-state index in [2.05, 4.69) is 20.1 Å². The Morgan fingerprint density at radius 1 is 1.24 bits per heavy atom. The number of hydrogen-bond acceptors (Lipinski definition) is 6. The first kappa shape index (κ1) is 19.1. The fourth-order valence-electron chi connectivity index (χ4n) is 1.21. The molecule has 4 N–H and O–H groups in total. The summed E-state index contributed by atoms with van der Waals surface area (Å²) in [5.41, 5.74) is 0. The number of methoxy groups -OCH3 is 1. The Morgan fingerprint density at radius 3 is 2.33 bits per heavy atom. The maximum atomic E-state index is 11.4. The Labute approximate surface area is 122 Å². The van der Waals surface area contributed by atoms with Crippen LogP contribution in [0.15, 0.2) is 0 Å². The molecule has 0 bridgehead atoms. The lowest BCUT2D eigenvalue weighted by atomic mass is 10.2. The molecular formula is C10H19N3O7S.